The van der Waals surface area contributed by atoms with E-state index >= 15 is 0 Å². The van der Waals surface area contributed by atoms with Gasteiger partial charge in [0, 0.05) is 6.54 Å². The molecule has 0 spiro atoms. The molecule has 26 heavy (non-hydrogen) atoms. The van der Waals surface area contributed by atoms with Crippen molar-refractivity contribution in [3.63, 3.8) is 0 Å². The van der Waals surface area contributed by atoms with Gasteiger partial charge in [-0.1, -0.05) is 32.9 Å². The van der Waals surface area contributed by atoms with Crippen molar-refractivity contribution in [2.24, 2.45) is 5.41 Å². The SMILES string of the molecule is COc1ccc(Cn2c(C#N)c(C#N)n(CC(C)(C)C)c(=O)c2=O)cc1. The van der Waals surface area contributed by atoms with Crippen molar-refractivity contribution < 1.29 is 4.74 Å². The molecule has 0 radical (unpaired) electrons. The van der Waals surface area contributed by atoms with E-state index in [1.807, 2.05) is 32.9 Å². The molecule has 0 bridgehead atoms. The third-order valence-corrected chi connectivity index (χ3v) is 3.78. The van der Waals surface area contributed by atoms with Crippen LogP contribution >= 0.6 is 0 Å². The second-order valence-corrected chi connectivity index (χ2v) is 7.11. The first-order valence-corrected chi connectivity index (χ1v) is 8.02. The molecule has 2 rings (SSSR count). The van der Waals surface area contributed by atoms with Crippen LogP contribution in [-0.4, -0.2) is 16.2 Å². The maximum atomic E-state index is 12.6. The Balaban J connectivity index is 2.66. The van der Waals surface area contributed by atoms with Gasteiger partial charge in [-0.05, 0) is 23.1 Å². The molecule has 7 nitrogen and oxygen atoms in total. The molecule has 1 aromatic carbocycles. The number of nitrogens with zero attached hydrogens (tertiary/aromatic N) is 4. The number of nitriles is 2. The molecule has 0 saturated carbocycles. The summed E-state index contributed by atoms with van der Waals surface area (Å²) < 4.78 is 7.25. The van der Waals surface area contributed by atoms with Crippen LogP contribution in [0.15, 0.2) is 33.9 Å². The van der Waals surface area contributed by atoms with Crippen LogP contribution in [0, 0.1) is 28.1 Å². The van der Waals surface area contributed by atoms with Crippen LogP contribution in [0.1, 0.15) is 37.7 Å². The van der Waals surface area contributed by atoms with Gasteiger partial charge in [0.15, 0.2) is 11.4 Å². The molecule has 7 heteroatoms. The predicted molar refractivity (Wildman–Crippen MR) is 95.9 cm³/mol. The molecule has 0 fully saturated rings. The Morgan fingerprint density at radius 2 is 1.46 bits per heavy atom. The van der Waals surface area contributed by atoms with Crippen molar-refractivity contribution in [2.45, 2.75) is 33.9 Å². The van der Waals surface area contributed by atoms with E-state index in [1.165, 1.54) is 0 Å². The van der Waals surface area contributed by atoms with Gasteiger partial charge >= 0.3 is 11.1 Å². The average molecular weight is 352 g/mol. The lowest BCUT2D eigenvalue weighted by atomic mass is 9.96. The summed E-state index contributed by atoms with van der Waals surface area (Å²) in [4.78, 5) is 25.2. The number of ether oxygens (including phenoxy) is 1. The van der Waals surface area contributed by atoms with Gasteiger partial charge in [-0.25, -0.2) is 0 Å². The molecular weight excluding hydrogens is 332 g/mol. The molecule has 0 saturated heterocycles. The van der Waals surface area contributed by atoms with Crippen LogP contribution in [0.4, 0.5) is 0 Å². The van der Waals surface area contributed by atoms with Gasteiger partial charge in [-0.2, -0.15) is 10.5 Å². The van der Waals surface area contributed by atoms with E-state index < -0.39 is 11.1 Å². The van der Waals surface area contributed by atoms with Gasteiger partial charge in [0.2, 0.25) is 0 Å². The van der Waals surface area contributed by atoms with E-state index in [-0.39, 0.29) is 29.9 Å². The van der Waals surface area contributed by atoms with Gasteiger partial charge in [-0.15, -0.1) is 0 Å². The van der Waals surface area contributed by atoms with Crippen molar-refractivity contribution in [1.29, 1.82) is 10.5 Å². The zero-order chi connectivity index (χ0) is 19.5. The third-order valence-electron chi connectivity index (χ3n) is 3.78. The van der Waals surface area contributed by atoms with E-state index in [9.17, 15) is 20.1 Å². The summed E-state index contributed by atoms with van der Waals surface area (Å²) in [6.07, 6.45) is 0. The fraction of sp³-hybridized carbons (Fsp3) is 0.368. The molecule has 0 amide bonds. The van der Waals surface area contributed by atoms with Crippen molar-refractivity contribution in [3.05, 3.63) is 61.9 Å². The second-order valence-electron chi connectivity index (χ2n) is 7.11. The number of rotatable bonds is 4. The van der Waals surface area contributed by atoms with E-state index in [4.69, 9.17) is 4.74 Å². The molecule has 0 aliphatic heterocycles. The fourth-order valence-electron chi connectivity index (χ4n) is 2.61. The van der Waals surface area contributed by atoms with Crippen LogP contribution in [0.2, 0.25) is 0 Å². The first kappa shape index (κ1) is 19.0. The molecule has 0 aliphatic carbocycles. The lowest BCUT2D eigenvalue weighted by Gasteiger charge is -2.22. The fourth-order valence-corrected chi connectivity index (χ4v) is 2.61. The monoisotopic (exact) mass is 352 g/mol. The number of aromatic nitrogens is 2. The summed E-state index contributed by atoms with van der Waals surface area (Å²) >= 11 is 0. The normalized spacial score (nSPS) is 10.8. The Morgan fingerprint density at radius 1 is 0.962 bits per heavy atom. The largest absolute Gasteiger partial charge is 0.497 e. The van der Waals surface area contributed by atoms with Gasteiger partial charge in [0.25, 0.3) is 0 Å². The first-order chi connectivity index (χ1) is 12.2. The third kappa shape index (κ3) is 3.84. The van der Waals surface area contributed by atoms with Crippen molar-refractivity contribution in [3.8, 4) is 17.9 Å². The molecule has 1 aromatic heterocycles. The van der Waals surface area contributed by atoms with Gasteiger partial charge in [0.1, 0.15) is 17.9 Å². The molecule has 0 aliphatic rings. The van der Waals surface area contributed by atoms with Crippen molar-refractivity contribution in [2.75, 3.05) is 7.11 Å². The summed E-state index contributed by atoms with van der Waals surface area (Å²) in [6.45, 7) is 5.84. The predicted octanol–water partition coefficient (Wildman–Crippen LogP) is 1.86. The van der Waals surface area contributed by atoms with E-state index in [2.05, 4.69) is 0 Å². The molecule has 0 N–H and O–H groups in total. The number of hydrogen-bond donors (Lipinski definition) is 0. The highest BCUT2D eigenvalue weighted by Gasteiger charge is 2.22. The second kappa shape index (κ2) is 7.28. The molecular formula is C19H20N4O3. The standard InChI is InChI=1S/C19H20N4O3/c1-19(2,3)12-23-16(10-21)15(9-20)22(17(24)18(23)25)11-13-5-7-14(26-4)8-6-13/h5-8H,11-12H2,1-4H3. The van der Waals surface area contributed by atoms with Crippen LogP contribution in [-0.2, 0) is 13.1 Å². The maximum absolute atomic E-state index is 12.6. The minimum atomic E-state index is -0.819. The highest BCUT2D eigenvalue weighted by Crippen LogP contribution is 2.17. The van der Waals surface area contributed by atoms with Crippen LogP contribution in [0.5, 0.6) is 5.75 Å². The molecule has 134 valence electrons. The molecule has 0 unspecified atom stereocenters. The average Bonchev–Trinajstić information content (AvgIpc) is 2.60. The minimum absolute atomic E-state index is 0.0198. The highest BCUT2D eigenvalue weighted by molar-refractivity contribution is 5.38. The van der Waals surface area contributed by atoms with Crippen LogP contribution in [0.25, 0.3) is 0 Å². The Morgan fingerprint density at radius 3 is 1.92 bits per heavy atom. The number of benzene rings is 1. The van der Waals surface area contributed by atoms with Crippen LogP contribution < -0.4 is 15.9 Å². The smallest absolute Gasteiger partial charge is 0.317 e. The van der Waals surface area contributed by atoms with Crippen molar-refractivity contribution in [1.82, 2.24) is 9.13 Å². The number of methoxy groups -OCH3 is 1. The Kier molecular flexibility index (Phi) is 5.33. The summed E-state index contributed by atoms with van der Waals surface area (Å²) in [5.41, 5.74) is -1.46. The maximum Gasteiger partial charge on any atom is 0.317 e. The highest BCUT2D eigenvalue weighted by atomic mass is 16.5. The van der Waals surface area contributed by atoms with Crippen LogP contribution in [0.3, 0.4) is 0 Å². The van der Waals surface area contributed by atoms with E-state index in [0.717, 1.165) is 9.13 Å². The van der Waals surface area contributed by atoms with E-state index in [0.29, 0.717) is 11.3 Å². The summed E-state index contributed by atoms with van der Waals surface area (Å²) in [6, 6.07) is 10.7. The van der Waals surface area contributed by atoms with Gasteiger partial charge in [-0.3, -0.25) is 18.7 Å². The lowest BCUT2D eigenvalue weighted by molar-refractivity contribution is 0.333. The zero-order valence-corrected chi connectivity index (χ0v) is 15.2. The number of hydrogen-bond acceptors (Lipinski definition) is 5. The molecule has 2 aromatic rings. The zero-order valence-electron chi connectivity index (χ0n) is 15.2. The Labute approximate surface area is 151 Å². The Bertz CT molecular complexity index is 1010. The van der Waals surface area contributed by atoms with E-state index in [1.54, 1.807) is 31.4 Å². The summed E-state index contributed by atoms with van der Waals surface area (Å²) in [5, 5.41) is 19.0. The molecule has 1 heterocycles. The lowest BCUT2D eigenvalue weighted by Crippen LogP contribution is -2.45. The first-order valence-electron chi connectivity index (χ1n) is 8.02. The topological polar surface area (TPSA) is 101 Å². The summed E-state index contributed by atoms with van der Waals surface area (Å²) in [7, 11) is 1.54. The Hall–Kier alpha value is -3.32. The quantitative estimate of drug-likeness (QED) is 0.782. The minimum Gasteiger partial charge on any atom is -0.497 e. The van der Waals surface area contributed by atoms with Crippen molar-refractivity contribution >= 4 is 0 Å². The molecule has 0 atom stereocenters. The summed E-state index contributed by atoms with van der Waals surface area (Å²) in [5.74, 6) is 0.653. The van der Waals surface area contributed by atoms with Gasteiger partial charge < -0.3 is 4.74 Å². The van der Waals surface area contributed by atoms with Gasteiger partial charge in [0.05, 0.1) is 13.7 Å².